The smallest absolute Gasteiger partial charge is 0.331 e. The Morgan fingerprint density at radius 2 is 1.97 bits per heavy atom. The summed E-state index contributed by atoms with van der Waals surface area (Å²) in [5.41, 5.74) is -0.303. The van der Waals surface area contributed by atoms with Gasteiger partial charge in [0.1, 0.15) is 18.3 Å². The van der Waals surface area contributed by atoms with Gasteiger partial charge in [-0.1, -0.05) is 50.6 Å². The molecule has 1 aromatic rings. The highest BCUT2D eigenvalue weighted by Crippen LogP contribution is 2.69. The van der Waals surface area contributed by atoms with Gasteiger partial charge in [0.15, 0.2) is 0 Å². The number of hydrogen-bond acceptors (Lipinski definition) is 6. The van der Waals surface area contributed by atoms with Crippen LogP contribution in [0.4, 0.5) is 0 Å². The van der Waals surface area contributed by atoms with Crippen LogP contribution in [0.5, 0.6) is 0 Å². The van der Waals surface area contributed by atoms with E-state index >= 15 is 0 Å². The molecule has 0 amide bonds. The predicted octanol–water partition coefficient (Wildman–Crippen LogP) is 4.61. The Hall–Kier alpha value is -2.44. The minimum Gasteiger partial charge on any atom is -0.458 e. The zero-order valence-corrected chi connectivity index (χ0v) is 20.9. The van der Waals surface area contributed by atoms with E-state index in [1.807, 2.05) is 37.3 Å². The lowest BCUT2D eigenvalue weighted by Gasteiger charge is -2.64. The normalized spacial score (nSPS) is 40.3. The summed E-state index contributed by atoms with van der Waals surface area (Å²) in [5, 5.41) is 11.9. The van der Waals surface area contributed by atoms with Crippen LogP contribution >= 0.6 is 0 Å². The number of rotatable bonds is 6. The average molecular weight is 481 g/mol. The van der Waals surface area contributed by atoms with Gasteiger partial charge in [0.25, 0.3) is 0 Å². The minimum absolute atomic E-state index is 0.101. The Labute approximate surface area is 207 Å². The topological polar surface area (TPSA) is 85.4 Å². The highest BCUT2D eigenvalue weighted by Gasteiger charge is 2.74. The molecule has 2 heterocycles. The summed E-state index contributed by atoms with van der Waals surface area (Å²) in [5.74, 6) is -0.583. The van der Waals surface area contributed by atoms with Gasteiger partial charge >= 0.3 is 11.9 Å². The zero-order valence-electron chi connectivity index (χ0n) is 20.9. The van der Waals surface area contributed by atoms with Crippen LogP contribution in [0.25, 0.3) is 6.08 Å². The van der Waals surface area contributed by atoms with Gasteiger partial charge in [-0.15, -0.1) is 0 Å². The maximum atomic E-state index is 13.0. The minimum atomic E-state index is -1.05. The van der Waals surface area contributed by atoms with Gasteiger partial charge in [-0.05, 0) is 55.7 Å². The fourth-order valence-corrected chi connectivity index (χ4v) is 7.19. The molecule has 6 nitrogen and oxygen atoms in total. The van der Waals surface area contributed by atoms with Crippen LogP contribution in [-0.4, -0.2) is 47.6 Å². The molecule has 0 bridgehead atoms. The molecule has 1 spiro atoms. The van der Waals surface area contributed by atoms with E-state index in [-0.39, 0.29) is 17.5 Å². The van der Waals surface area contributed by atoms with Gasteiger partial charge in [0, 0.05) is 29.4 Å². The number of ether oxygens (including phenoxy) is 3. The number of benzene rings is 1. The van der Waals surface area contributed by atoms with E-state index in [0.717, 1.165) is 36.8 Å². The maximum Gasteiger partial charge on any atom is 0.331 e. The molecule has 1 saturated heterocycles. The lowest BCUT2D eigenvalue weighted by molar-refractivity contribution is -0.250. The molecule has 0 radical (unpaired) electrons. The Bertz CT molecular complexity index is 1050. The van der Waals surface area contributed by atoms with Crippen LogP contribution in [-0.2, 0) is 23.8 Å². The van der Waals surface area contributed by atoms with Crippen molar-refractivity contribution >= 4 is 18.0 Å². The Kier molecular flexibility index (Phi) is 5.96. The number of aliphatic hydroxyl groups is 1. The monoisotopic (exact) mass is 480 g/mol. The molecule has 6 atom stereocenters. The van der Waals surface area contributed by atoms with Gasteiger partial charge in [0.05, 0.1) is 12.2 Å². The molecule has 2 saturated carbocycles. The van der Waals surface area contributed by atoms with Crippen LogP contribution in [0.2, 0.25) is 0 Å². The third-order valence-corrected chi connectivity index (χ3v) is 9.68. The number of epoxide rings is 1. The third-order valence-electron chi connectivity index (χ3n) is 9.68. The van der Waals surface area contributed by atoms with E-state index in [1.54, 1.807) is 12.2 Å². The molecule has 1 N–H and O–H groups in total. The first-order valence-corrected chi connectivity index (χ1v) is 12.8. The van der Waals surface area contributed by atoms with Gasteiger partial charge in [-0.2, -0.15) is 0 Å². The lowest BCUT2D eigenvalue weighted by atomic mass is 9.42. The predicted molar refractivity (Wildman–Crippen MR) is 131 cm³/mol. The van der Waals surface area contributed by atoms with Crippen LogP contribution in [0.1, 0.15) is 64.9 Å². The summed E-state index contributed by atoms with van der Waals surface area (Å²) >= 11 is 0. The van der Waals surface area contributed by atoms with Crippen molar-refractivity contribution in [1.82, 2.24) is 0 Å². The second-order valence-corrected chi connectivity index (χ2v) is 11.5. The first kappa shape index (κ1) is 24.3. The number of esters is 2. The third kappa shape index (κ3) is 4.05. The maximum absolute atomic E-state index is 13.0. The van der Waals surface area contributed by atoms with Gasteiger partial charge < -0.3 is 19.3 Å². The number of carbonyl (C=O) groups is 2. The molecule has 3 fully saturated rings. The molecule has 4 aliphatic rings. The number of carbonyl (C=O) groups excluding carboxylic acids is 2. The van der Waals surface area contributed by atoms with Gasteiger partial charge in [-0.25, -0.2) is 9.59 Å². The van der Waals surface area contributed by atoms with Crippen molar-refractivity contribution in [3.63, 3.8) is 0 Å². The van der Waals surface area contributed by atoms with Gasteiger partial charge in [-0.3, -0.25) is 0 Å². The second kappa shape index (κ2) is 8.59. The van der Waals surface area contributed by atoms with Crippen molar-refractivity contribution in [3.8, 4) is 0 Å². The Morgan fingerprint density at radius 1 is 1.23 bits per heavy atom. The molecule has 2 aliphatic carbocycles. The molecule has 5 rings (SSSR count). The molecule has 188 valence electrons. The van der Waals surface area contributed by atoms with E-state index in [1.165, 1.54) is 6.08 Å². The number of hydrogen-bond donors (Lipinski definition) is 1. The Morgan fingerprint density at radius 3 is 2.63 bits per heavy atom. The Balaban J connectivity index is 1.42. The number of fused-ring (bicyclic) bond motifs is 2. The summed E-state index contributed by atoms with van der Waals surface area (Å²) in [6.07, 6.45) is 9.04. The first-order valence-electron chi connectivity index (χ1n) is 12.8. The summed E-state index contributed by atoms with van der Waals surface area (Å²) in [7, 11) is 0. The summed E-state index contributed by atoms with van der Waals surface area (Å²) in [6, 6.07) is 9.66. The van der Waals surface area contributed by atoms with Crippen molar-refractivity contribution in [2.75, 3.05) is 13.2 Å². The van der Waals surface area contributed by atoms with E-state index in [9.17, 15) is 14.7 Å². The van der Waals surface area contributed by atoms with E-state index in [2.05, 4.69) is 13.8 Å². The SMILES string of the molecule is CC1(O)CC(OC(=O)C=Cc2ccccc2)C2(C)C(CCCC23CO3)C1(C)CCC1=CC(=O)OC1. The van der Waals surface area contributed by atoms with E-state index in [4.69, 9.17) is 14.2 Å². The van der Waals surface area contributed by atoms with Crippen molar-refractivity contribution in [2.24, 2.45) is 16.7 Å². The van der Waals surface area contributed by atoms with Crippen LogP contribution in [0, 0.1) is 16.7 Å². The van der Waals surface area contributed by atoms with Crippen LogP contribution in [0.15, 0.2) is 48.1 Å². The quantitative estimate of drug-likeness (QED) is 0.364. The average Bonchev–Trinajstić information content (AvgIpc) is 3.49. The van der Waals surface area contributed by atoms with Crippen LogP contribution in [0.3, 0.4) is 0 Å². The van der Waals surface area contributed by atoms with E-state index < -0.39 is 28.5 Å². The largest absolute Gasteiger partial charge is 0.458 e. The molecular weight excluding hydrogens is 444 g/mol. The summed E-state index contributed by atoms with van der Waals surface area (Å²) in [4.78, 5) is 24.5. The number of cyclic esters (lactones) is 1. The second-order valence-electron chi connectivity index (χ2n) is 11.5. The lowest BCUT2D eigenvalue weighted by Crippen LogP contribution is -2.69. The summed E-state index contributed by atoms with van der Waals surface area (Å²) in [6.45, 7) is 7.26. The van der Waals surface area contributed by atoms with Crippen LogP contribution < -0.4 is 0 Å². The standard InChI is InChI=1S/C29H36O6/c1-26(15-13-21-16-25(31)33-18-21)22-10-7-14-29(19-34-29)28(22,3)23(17-27(26,2)32)35-24(30)12-11-20-8-5-4-6-9-20/h4-6,8-9,11-12,16,22-23,32H,7,10,13-15,17-19H2,1-3H3. The van der Waals surface area contributed by atoms with Crippen molar-refractivity contribution in [1.29, 1.82) is 0 Å². The fourth-order valence-electron chi connectivity index (χ4n) is 7.19. The van der Waals surface area contributed by atoms with E-state index in [0.29, 0.717) is 26.1 Å². The van der Waals surface area contributed by atoms with Crippen molar-refractivity contribution in [2.45, 2.75) is 76.6 Å². The molecule has 6 heteroatoms. The highest BCUT2D eigenvalue weighted by atomic mass is 16.6. The molecule has 2 aliphatic heterocycles. The molecular formula is C29H36O6. The van der Waals surface area contributed by atoms with Gasteiger partial charge in [0.2, 0.25) is 0 Å². The first-order chi connectivity index (χ1) is 16.6. The highest BCUT2D eigenvalue weighted by molar-refractivity contribution is 5.87. The fraction of sp³-hybridized carbons (Fsp3) is 0.586. The summed E-state index contributed by atoms with van der Waals surface area (Å²) < 4.78 is 17.4. The molecule has 6 unspecified atom stereocenters. The van der Waals surface area contributed by atoms with Crippen molar-refractivity contribution < 1.29 is 28.9 Å². The van der Waals surface area contributed by atoms with Crippen molar-refractivity contribution in [3.05, 3.63) is 53.6 Å². The molecule has 35 heavy (non-hydrogen) atoms. The zero-order chi connectivity index (χ0) is 24.9. The molecule has 1 aromatic carbocycles. The molecule has 0 aromatic heterocycles.